The van der Waals surface area contributed by atoms with Gasteiger partial charge in [0.2, 0.25) is 0 Å². The molecule has 0 saturated carbocycles. The Balaban J connectivity index is 4.13. The fraction of sp³-hybridized carbons (Fsp3) is 0.778. The number of likely N-dealkylation sites (N-methyl/N-ethyl adjacent to an activating group) is 1. The molecule has 0 aliphatic carbocycles. The van der Waals surface area contributed by atoms with Gasteiger partial charge in [0.25, 0.3) is 0 Å². The molecule has 0 aromatic rings. The van der Waals surface area contributed by atoms with Gasteiger partial charge in [0.15, 0.2) is 6.10 Å². The third-order valence-corrected chi connectivity index (χ3v) is 12.0. The molecule has 0 spiro atoms. The smallest absolute Gasteiger partial charge is 0.462 e. The number of rotatable bonds is 47. The van der Waals surface area contributed by atoms with Crippen molar-refractivity contribution < 1.29 is 42.1 Å². The number of allylic oxidation sites excluding steroid dienone is 10. The lowest BCUT2D eigenvalue weighted by Gasteiger charge is -2.24. The van der Waals surface area contributed by atoms with E-state index in [1.807, 2.05) is 21.1 Å². The van der Waals surface area contributed by atoms with E-state index >= 15 is 0 Å². The summed E-state index contributed by atoms with van der Waals surface area (Å²) in [6, 6.07) is 0. The molecule has 0 heterocycles. The average Bonchev–Trinajstić information content (AvgIpc) is 3.25. The monoisotopic (exact) mass is 921 g/mol. The molecule has 0 amide bonds. The molecule has 0 aromatic carbocycles. The van der Waals surface area contributed by atoms with E-state index in [4.69, 9.17) is 18.5 Å². The summed E-state index contributed by atoms with van der Waals surface area (Å²) in [7, 11) is 1.45. The standard InChI is InChI=1S/C54H98NO8P/c1-6-8-10-12-14-16-18-20-21-22-23-24-25-26-27-28-29-30-31-32-33-35-36-38-40-42-44-46-53(56)60-50-52(51-62-64(58,59)61-49-48-55(3,4)5)63-54(57)47-45-43-41-39-37-34-19-17-15-13-11-9-7-2/h9,11,15,17-18,20,22-23,34,37,52H,6-8,10,12-14,16,19,21,24-33,35-36,38-51H2,1-5H3/p+1/b11-9-,17-15-,20-18-,23-22-,37-34-. The lowest BCUT2D eigenvalue weighted by Crippen LogP contribution is -2.37. The molecule has 0 aliphatic rings. The van der Waals surface area contributed by atoms with Gasteiger partial charge in [0.1, 0.15) is 19.8 Å². The van der Waals surface area contributed by atoms with Crippen molar-refractivity contribution in [3.8, 4) is 0 Å². The van der Waals surface area contributed by atoms with Crippen molar-refractivity contribution in [2.75, 3.05) is 47.5 Å². The third-order valence-electron chi connectivity index (χ3n) is 11.0. The molecule has 0 radical (unpaired) electrons. The molecule has 0 aromatic heterocycles. The van der Waals surface area contributed by atoms with Crippen molar-refractivity contribution in [2.24, 2.45) is 0 Å². The number of hydrogen-bond donors (Lipinski definition) is 1. The fourth-order valence-corrected chi connectivity index (χ4v) is 7.74. The van der Waals surface area contributed by atoms with Gasteiger partial charge in [-0.05, 0) is 77.0 Å². The summed E-state index contributed by atoms with van der Waals surface area (Å²) < 4.78 is 34.4. The van der Waals surface area contributed by atoms with Crippen LogP contribution in [0.15, 0.2) is 60.8 Å². The van der Waals surface area contributed by atoms with Gasteiger partial charge in [-0.25, -0.2) is 4.57 Å². The maximum atomic E-state index is 12.7. The Morgan fingerprint density at radius 2 is 0.891 bits per heavy atom. The summed E-state index contributed by atoms with van der Waals surface area (Å²) in [5.74, 6) is -0.831. The minimum atomic E-state index is -4.39. The Bertz CT molecular complexity index is 1270. The molecular weight excluding hydrogens is 822 g/mol. The van der Waals surface area contributed by atoms with Gasteiger partial charge >= 0.3 is 19.8 Å². The van der Waals surface area contributed by atoms with Crippen molar-refractivity contribution in [1.29, 1.82) is 0 Å². The summed E-state index contributed by atoms with van der Waals surface area (Å²) in [5.41, 5.74) is 0. The molecule has 0 saturated heterocycles. The van der Waals surface area contributed by atoms with Gasteiger partial charge in [-0.2, -0.15) is 0 Å². The number of carbonyl (C=O) groups is 2. The first-order chi connectivity index (χ1) is 31.0. The molecule has 372 valence electrons. The maximum absolute atomic E-state index is 12.7. The van der Waals surface area contributed by atoms with Gasteiger partial charge in [-0.15, -0.1) is 0 Å². The van der Waals surface area contributed by atoms with Crippen LogP contribution in [0.1, 0.15) is 219 Å². The zero-order valence-electron chi connectivity index (χ0n) is 42.0. The summed E-state index contributed by atoms with van der Waals surface area (Å²) in [6.45, 7) is 4.27. The molecule has 64 heavy (non-hydrogen) atoms. The summed E-state index contributed by atoms with van der Waals surface area (Å²) in [4.78, 5) is 35.5. The Kier molecular flexibility index (Phi) is 44.2. The largest absolute Gasteiger partial charge is 0.472 e. The summed E-state index contributed by atoms with van der Waals surface area (Å²) in [5, 5.41) is 0. The molecule has 1 N–H and O–H groups in total. The highest BCUT2D eigenvalue weighted by Crippen LogP contribution is 2.43. The van der Waals surface area contributed by atoms with E-state index in [2.05, 4.69) is 74.6 Å². The van der Waals surface area contributed by atoms with Crippen LogP contribution in [0, 0.1) is 0 Å². The first-order valence-corrected chi connectivity index (χ1v) is 27.5. The molecule has 2 atom stereocenters. The van der Waals surface area contributed by atoms with E-state index in [1.165, 1.54) is 122 Å². The van der Waals surface area contributed by atoms with E-state index in [0.717, 1.165) is 64.2 Å². The van der Waals surface area contributed by atoms with Crippen molar-refractivity contribution in [1.82, 2.24) is 0 Å². The average molecular weight is 921 g/mol. The lowest BCUT2D eigenvalue weighted by molar-refractivity contribution is -0.870. The maximum Gasteiger partial charge on any atom is 0.472 e. The topological polar surface area (TPSA) is 108 Å². The van der Waals surface area contributed by atoms with Crippen LogP contribution >= 0.6 is 7.82 Å². The zero-order chi connectivity index (χ0) is 47.1. The Hall–Kier alpha value is -2.29. The van der Waals surface area contributed by atoms with E-state index in [0.29, 0.717) is 17.4 Å². The van der Waals surface area contributed by atoms with E-state index in [1.54, 1.807) is 0 Å². The van der Waals surface area contributed by atoms with Crippen LogP contribution in [0.5, 0.6) is 0 Å². The van der Waals surface area contributed by atoms with Crippen LogP contribution in [0.2, 0.25) is 0 Å². The number of esters is 2. The van der Waals surface area contributed by atoms with Crippen molar-refractivity contribution in [3.63, 3.8) is 0 Å². The zero-order valence-corrected chi connectivity index (χ0v) is 42.9. The first kappa shape index (κ1) is 61.7. The van der Waals surface area contributed by atoms with E-state index < -0.39 is 26.5 Å². The predicted octanol–water partition coefficient (Wildman–Crippen LogP) is 15.6. The number of nitrogens with zero attached hydrogens (tertiary/aromatic N) is 1. The van der Waals surface area contributed by atoms with Crippen LogP contribution in [-0.2, 0) is 32.7 Å². The van der Waals surface area contributed by atoms with Gasteiger partial charge in [0.05, 0.1) is 27.7 Å². The second-order valence-electron chi connectivity index (χ2n) is 18.5. The first-order valence-electron chi connectivity index (χ1n) is 26.0. The second kappa shape index (κ2) is 45.8. The molecule has 0 fully saturated rings. The number of quaternary nitrogens is 1. The molecule has 9 nitrogen and oxygen atoms in total. The number of hydrogen-bond acceptors (Lipinski definition) is 7. The van der Waals surface area contributed by atoms with Gasteiger partial charge < -0.3 is 18.9 Å². The number of carbonyl (C=O) groups excluding carboxylic acids is 2. The van der Waals surface area contributed by atoms with Crippen molar-refractivity contribution >= 4 is 19.8 Å². The molecule has 10 heteroatoms. The number of phosphoric ester groups is 1. The van der Waals surface area contributed by atoms with E-state index in [-0.39, 0.29) is 32.0 Å². The van der Waals surface area contributed by atoms with Crippen molar-refractivity contribution in [3.05, 3.63) is 60.8 Å². The minimum Gasteiger partial charge on any atom is -0.462 e. The molecular formula is C54H99NO8P+. The van der Waals surface area contributed by atoms with Crippen LogP contribution in [0.25, 0.3) is 0 Å². The minimum absolute atomic E-state index is 0.0243. The molecule has 2 unspecified atom stereocenters. The SMILES string of the molecule is CC/C=C\C/C=C\C/C=C\CCCCCC(=O)OC(COC(=O)CCCCCCCCCCCCCCCCC/C=C\C/C=C\CCCCCCC)COP(=O)(O)OCC[N+](C)(C)C. The molecule has 0 bridgehead atoms. The Morgan fingerprint density at radius 3 is 1.34 bits per heavy atom. The third kappa shape index (κ3) is 49.2. The highest BCUT2D eigenvalue weighted by atomic mass is 31.2. The van der Waals surface area contributed by atoms with Gasteiger partial charge in [0, 0.05) is 12.8 Å². The fourth-order valence-electron chi connectivity index (χ4n) is 7.00. The molecule has 0 rings (SSSR count). The number of unbranched alkanes of at least 4 members (excludes halogenated alkanes) is 23. The van der Waals surface area contributed by atoms with Gasteiger partial charge in [-0.1, -0.05) is 190 Å². The van der Waals surface area contributed by atoms with Crippen LogP contribution in [-0.4, -0.2) is 74.9 Å². The normalized spacial score (nSPS) is 13.9. The van der Waals surface area contributed by atoms with Gasteiger partial charge in [-0.3, -0.25) is 18.6 Å². The molecule has 0 aliphatic heterocycles. The van der Waals surface area contributed by atoms with Crippen LogP contribution in [0.4, 0.5) is 0 Å². The lowest BCUT2D eigenvalue weighted by atomic mass is 10.0. The Labute approximate surface area is 394 Å². The van der Waals surface area contributed by atoms with Crippen molar-refractivity contribution in [2.45, 2.75) is 225 Å². The second-order valence-corrected chi connectivity index (χ2v) is 20.0. The van der Waals surface area contributed by atoms with Crippen LogP contribution in [0.3, 0.4) is 0 Å². The van der Waals surface area contributed by atoms with E-state index in [9.17, 15) is 19.0 Å². The number of phosphoric acid groups is 1. The predicted molar refractivity (Wildman–Crippen MR) is 270 cm³/mol. The summed E-state index contributed by atoms with van der Waals surface area (Å²) >= 11 is 0. The number of ether oxygens (including phenoxy) is 2. The summed E-state index contributed by atoms with van der Waals surface area (Å²) in [6.07, 6.45) is 57.2. The van der Waals surface area contributed by atoms with Crippen LogP contribution < -0.4 is 0 Å². The Morgan fingerprint density at radius 1 is 0.500 bits per heavy atom. The highest BCUT2D eigenvalue weighted by molar-refractivity contribution is 7.47. The quantitative estimate of drug-likeness (QED) is 0.0211. The highest BCUT2D eigenvalue weighted by Gasteiger charge is 2.27.